The van der Waals surface area contributed by atoms with Gasteiger partial charge in [-0.3, -0.25) is 14.6 Å². The lowest BCUT2D eigenvalue weighted by Gasteiger charge is -2.08. The second-order valence-corrected chi connectivity index (χ2v) is 7.28. The van der Waals surface area contributed by atoms with Crippen LogP contribution in [0.5, 0.6) is 5.75 Å². The lowest BCUT2D eigenvalue weighted by atomic mass is 9.97. The summed E-state index contributed by atoms with van der Waals surface area (Å²) in [6.45, 7) is 3.37. The highest BCUT2D eigenvalue weighted by molar-refractivity contribution is 6.16. The molecule has 0 amide bonds. The minimum absolute atomic E-state index is 0.210. The van der Waals surface area contributed by atoms with Gasteiger partial charge in [0, 0.05) is 34.1 Å². The van der Waals surface area contributed by atoms with Crippen molar-refractivity contribution in [2.45, 2.75) is 26.7 Å². The van der Waals surface area contributed by atoms with Gasteiger partial charge in [-0.2, -0.15) is 0 Å². The van der Waals surface area contributed by atoms with E-state index in [2.05, 4.69) is 21.6 Å². The topological polar surface area (TPSA) is 119 Å². The summed E-state index contributed by atoms with van der Waals surface area (Å²) in [5.74, 6) is -2.26. The average Bonchev–Trinajstić information content (AvgIpc) is 3.14. The largest absolute Gasteiger partial charge is 0.479 e. The van der Waals surface area contributed by atoms with E-state index in [-0.39, 0.29) is 12.8 Å². The van der Waals surface area contributed by atoms with Crippen molar-refractivity contribution in [1.82, 2.24) is 9.97 Å². The summed E-state index contributed by atoms with van der Waals surface area (Å²) >= 11 is 0. The van der Waals surface area contributed by atoms with Gasteiger partial charge in [-0.15, -0.1) is 0 Å². The van der Waals surface area contributed by atoms with E-state index in [1.165, 1.54) is 0 Å². The third-order valence-electron chi connectivity index (χ3n) is 5.27. The Balaban J connectivity index is 1.60. The number of carboxylic acids is 1. The van der Waals surface area contributed by atoms with E-state index in [0.29, 0.717) is 5.75 Å². The normalized spacial score (nSPS) is 11.2. The third kappa shape index (κ3) is 3.92. The summed E-state index contributed by atoms with van der Waals surface area (Å²) in [5.41, 5.74) is 4.14. The quantitative estimate of drug-likeness (QED) is 0.360. The first-order valence-corrected chi connectivity index (χ1v) is 9.71. The number of aromatic amines is 1. The number of carbonyl (C=O) groups is 3. The second kappa shape index (κ2) is 8.06. The minimum atomic E-state index is -1.25. The molecule has 0 atom stereocenters. The summed E-state index contributed by atoms with van der Waals surface area (Å²) in [6.07, 6.45) is 3.17. The van der Waals surface area contributed by atoms with Crippen LogP contribution in [-0.4, -0.2) is 39.6 Å². The summed E-state index contributed by atoms with van der Waals surface area (Å²) in [4.78, 5) is 41.7. The molecule has 4 rings (SSSR count). The van der Waals surface area contributed by atoms with E-state index in [4.69, 9.17) is 9.84 Å². The molecular weight excluding hydrogens is 400 g/mol. The SMILES string of the molecule is Cc1c2ccncc2c(C)c2c1[nH]c1ccc(OC(=O)CCC(=O)OCC(=O)O)cc12. The van der Waals surface area contributed by atoms with Crippen molar-refractivity contribution in [2.24, 2.45) is 0 Å². The number of aliphatic carboxylic acids is 1. The second-order valence-electron chi connectivity index (χ2n) is 7.28. The van der Waals surface area contributed by atoms with Gasteiger partial charge in [0.25, 0.3) is 0 Å². The molecule has 0 bridgehead atoms. The average molecular weight is 420 g/mol. The summed E-state index contributed by atoms with van der Waals surface area (Å²) in [5, 5.41) is 12.7. The molecule has 0 radical (unpaired) electrons. The molecule has 0 saturated heterocycles. The predicted octanol–water partition coefficient (Wildman–Crippen LogP) is 3.80. The molecule has 0 aliphatic rings. The van der Waals surface area contributed by atoms with Gasteiger partial charge in [-0.05, 0) is 54.6 Å². The van der Waals surface area contributed by atoms with Crippen LogP contribution >= 0.6 is 0 Å². The number of benzene rings is 2. The Morgan fingerprint density at radius 2 is 1.77 bits per heavy atom. The maximum atomic E-state index is 12.1. The van der Waals surface area contributed by atoms with Crippen LogP contribution < -0.4 is 4.74 Å². The van der Waals surface area contributed by atoms with Gasteiger partial charge >= 0.3 is 17.9 Å². The van der Waals surface area contributed by atoms with E-state index in [0.717, 1.165) is 43.7 Å². The molecule has 2 N–H and O–H groups in total. The van der Waals surface area contributed by atoms with E-state index in [1.54, 1.807) is 18.3 Å². The zero-order valence-electron chi connectivity index (χ0n) is 17.0. The van der Waals surface area contributed by atoms with E-state index in [9.17, 15) is 14.4 Å². The van der Waals surface area contributed by atoms with Crippen LogP contribution in [0.25, 0.3) is 32.6 Å². The Labute approximate surface area is 176 Å². The van der Waals surface area contributed by atoms with Crippen LogP contribution in [0.3, 0.4) is 0 Å². The van der Waals surface area contributed by atoms with Crippen molar-refractivity contribution in [3.8, 4) is 5.75 Å². The van der Waals surface area contributed by atoms with Gasteiger partial charge in [-0.25, -0.2) is 4.79 Å². The molecule has 0 unspecified atom stereocenters. The Kier molecular flexibility index (Phi) is 5.29. The molecule has 0 spiro atoms. The summed E-state index contributed by atoms with van der Waals surface area (Å²) < 4.78 is 9.89. The fourth-order valence-electron chi connectivity index (χ4n) is 3.80. The Bertz CT molecular complexity index is 1350. The molecule has 2 aromatic heterocycles. The monoisotopic (exact) mass is 420 g/mol. The molecule has 4 aromatic rings. The number of H-pyrrole nitrogens is 1. The first-order chi connectivity index (χ1) is 14.8. The fraction of sp³-hybridized carbons (Fsp3) is 0.217. The molecular formula is C23H20N2O6. The highest BCUT2D eigenvalue weighted by Crippen LogP contribution is 2.37. The van der Waals surface area contributed by atoms with Crippen LogP contribution in [-0.2, 0) is 19.1 Å². The minimum Gasteiger partial charge on any atom is -0.479 e. The maximum Gasteiger partial charge on any atom is 0.341 e. The highest BCUT2D eigenvalue weighted by Gasteiger charge is 2.16. The van der Waals surface area contributed by atoms with Crippen molar-refractivity contribution in [3.05, 3.63) is 47.8 Å². The molecule has 158 valence electrons. The number of esters is 2. The molecule has 2 aromatic carbocycles. The Morgan fingerprint density at radius 3 is 2.55 bits per heavy atom. The number of rotatable bonds is 6. The molecule has 0 fully saturated rings. The summed E-state index contributed by atoms with van der Waals surface area (Å²) in [6, 6.07) is 7.33. The predicted molar refractivity (Wildman–Crippen MR) is 114 cm³/mol. The molecule has 2 heterocycles. The number of ether oxygens (including phenoxy) is 2. The zero-order chi connectivity index (χ0) is 22.1. The van der Waals surface area contributed by atoms with E-state index < -0.39 is 24.5 Å². The lowest BCUT2D eigenvalue weighted by Crippen LogP contribution is -2.15. The van der Waals surface area contributed by atoms with Crippen LogP contribution in [0.4, 0.5) is 0 Å². The molecule has 0 aliphatic carbocycles. The lowest BCUT2D eigenvalue weighted by molar-refractivity contribution is -0.155. The van der Waals surface area contributed by atoms with Gasteiger partial charge < -0.3 is 19.6 Å². The molecule has 8 heteroatoms. The fourth-order valence-corrected chi connectivity index (χ4v) is 3.80. The number of nitrogens with zero attached hydrogens (tertiary/aromatic N) is 1. The van der Waals surface area contributed by atoms with Crippen molar-refractivity contribution in [2.75, 3.05) is 6.61 Å². The number of nitrogens with one attached hydrogen (secondary N) is 1. The third-order valence-corrected chi connectivity index (χ3v) is 5.27. The number of pyridine rings is 1. The van der Waals surface area contributed by atoms with Crippen LogP contribution in [0, 0.1) is 13.8 Å². The van der Waals surface area contributed by atoms with Gasteiger partial charge in [0.15, 0.2) is 6.61 Å². The van der Waals surface area contributed by atoms with Crippen molar-refractivity contribution >= 4 is 50.5 Å². The van der Waals surface area contributed by atoms with E-state index in [1.807, 2.05) is 25.3 Å². The molecule has 0 aliphatic heterocycles. The van der Waals surface area contributed by atoms with Gasteiger partial charge in [-0.1, -0.05) is 0 Å². The standard InChI is InChI=1S/C23H20N2O6/c1-12-17-10-24-8-7-15(17)13(2)23-22(12)16-9-14(3-4-18(16)25-23)31-21(29)6-5-20(28)30-11-19(26)27/h3-4,7-10,25H,5-6,11H2,1-2H3,(H,26,27). The maximum absolute atomic E-state index is 12.1. The van der Waals surface area contributed by atoms with Crippen LogP contribution in [0.2, 0.25) is 0 Å². The Hall–Kier alpha value is -3.94. The van der Waals surface area contributed by atoms with Gasteiger partial charge in [0.05, 0.1) is 18.4 Å². The molecule has 8 nitrogen and oxygen atoms in total. The van der Waals surface area contributed by atoms with E-state index >= 15 is 0 Å². The van der Waals surface area contributed by atoms with Crippen molar-refractivity contribution in [1.29, 1.82) is 0 Å². The zero-order valence-corrected chi connectivity index (χ0v) is 17.0. The number of aryl methyl sites for hydroxylation is 2. The van der Waals surface area contributed by atoms with Crippen molar-refractivity contribution in [3.63, 3.8) is 0 Å². The molecule has 0 saturated carbocycles. The molecule has 31 heavy (non-hydrogen) atoms. The van der Waals surface area contributed by atoms with Crippen LogP contribution in [0.15, 0.2) is 36.7 Å². The number of fused-ring (bicyclic) bond motifs is 4. The number of aromatic nitrogens is 2. The van der Waals surface area contributed by atoms with Crippen LogP contribution in [0.1, 0.15) is 24.0 Å². The number of carbonyl (C=O) groups excluding carboxylic acids is 2. The van der Waals surface area contributed by atoms with Gasteiger partial charge in [0.2, 0.25) is 0 Å². The number of hydrogen-bond acceptors (Lipinski definition) is 6. The first-order valence-electron chi connectivity index (χ1n) is 9.71. The van der Waals surface area contributed by atoms with Crippen molar-refractivity contribution < 1.29 is 29.0 Å². The number of hydrogen-bond donors (Lipinski definition) is 2. The highest BCUT2D eigenvalue weighted by atomic mass is 16.6. The first kappa shape index (κ1) is 20.3. The Morgan fingerprint density at radius 1 is 1.00 bits per heavy atom. The smallest absolute Gasteiger partial charge is 0.341 e. The van der Waals surface area contributed by atoms with Gasteiger partial charge in [0.1, 0.15) is 5.75 Å². The number of carboxylic acid groups (broad SMARTS) is 1. The summed E-state index contributed by atoms with van der Waals surface area (Å²) in [7, 11) is 0.